The van der Waals surface area contributed by atoms with E-state index in [1.807, 2.05) is 6.07 Å². The fourth-order valence-electron chi connectivity index (χ4n) is 3.25. The van der Waals surface area contributed by atoms with Crippen molar-refractivity contribution in [3.05, 3.63) is 52.5 Å². The molecule has 0 bridgehead atoms. The highest BCUT2D eigenvalue weighted by molar-refractivity contribution is 9.10. The molecule has 0 saturated carbocycles. The molecule has 3 aromatic rings. The fourth-order valence-corrected chi connectivity index (χ4v) is 5.35. The topological polar surface area (TPSA) is 64.0 Å². The third-order valence-corrected chi connectivity index (χ3v) is 6.78. The fraction of sp³-hybridized carbons (Fsp3) is 0.235. The Hall–Kier alpha value is -1.93. The van der Waals surface area contributed by atoms with Crippen LogP contribution < -0.4 is 4.72 Å². The number of aromatic nitrogens is 2. The smallest absolute Gasteiger partial charge is 0.263 e. The van der Waals surface area contributed by atoms with E-state index in [-0.39, 0.29) is 9.37 Å². The lowest BCUT2D eigenvalue weighted by Crippen LogP contribution is -2.13. The first-order valence-corrected chi connectivity index (χ1v) is 10.1. The summed E-state index contributed by atoms with van der Waals surface area (Å²) >= 11 is 3.10. The number of fused-ring (bicyclic) bond motifs is 3. The minimum atomic E-state index is -3.83. The zero-order valence-electron chi connectivity index (χ0n) is 13.3. The number of halogens is 2. The van der Waals surface area contributed by atoms with Crippen LogP contribution in [0.15, 0.2) is 45.8 Å². The van der Waals surface area contributed by atoms with Crippen molar-refractivity contribution in [3.63, 3.8) is 0 Å². The van der Waals surface area contributed by atoms with Crippen LogP contribution in [0.25, 0.3) is 11.0 Å². The second-order valence-electron chi connectivity index (χ2n) is 6.17. The van der Waals surface area contributed by atoms with E-state index in [4.69, 9.17) is 0 Å². The van der Waals surface area contributed by atoms with Crippen LogP contribution in [0.1, 0.15) is 25.2 Å². The van der Waals surface area contributed by atoms with Crippen molar-refractivity contribution < 1.29 is 12.8 Å². The Morgan fingerprint density at radius 3 is 2.84 bits per heavy atom. The molecule has 0 radical (unpaired) electrons. The molecule has 2 aromatic carbocycles. The maximum atomic E-state index is 13.2. The van der Waals surface area contributed by atoms with E-state index < -0.39 is 15.8 Å². The second-order valence-corrected chi connectivity index (χ2v) is 8.67. The van der Waals surface area contributed by atoms with E-state index >= 15 is 0 Å². The van der Waals surface area contributed by atoms with Crippen LogP contribution in [0.5, 0.6) is 0 Å². The summed E-state index contributed by atoms with van der Waals surface area (Å²) in [5, 5.41) is 0. The van der Waals surface area contributed by atoms with Gasteiger partial charge in [0.2, 0.25) is 0 Å². The molecule has 1 aliphatic heterocycles. The van der Waals surface area contributed by atoms with Gasteiger partial charge in [-0.15, -0.1) is 0 Å². The highest BCUT2D eigenvalue weighted by Crippen LogP contribution is 2.32. The third kappa shape index (κ3) is 2.83. The van der Waals surface area contributed by atoms with Gasteiger partial charge in [0, 0.05) is 16.9 Å². The van der Waals surface area contributed by atoms with Gasteiger partial charge >= 0.3 is 0 Å². The van der Waals surface area contributed by atoms with Gasteiger partial charge in [-0.2, -0.15) is 0 Å². The molecule has 1 N–H and O–H groups in total. The summed E-state index contributed by atoms with van der Waals surface area (Å²) in [4.78, 5) is 4.59. The minimum absolute atomic E-state index is 0.0186. The maximum absolute atomic E-state index is 13.2. The van der Waals surface area contributed by atoms with Crippen LogP contribution in [0.4, 0.5) is 10.1 Å². The Morgan fingerprint density at radius 2 is 2.08 bits per heavy atom. The van der Waals surface area contributed by atoms with Crippen molar-refractivity contribution in [3.8, 4) is 0 Å². The quantitative estimate of drug-likeness (QED) is 0.684. The molecule has 5 nitrogen and oxygen atoms in total. The zero-order valence-corrected chi connectivity index (χ0v) is 15.7. The molecule has 4 rings (SSSR count). The van der Waals surface area contributed by atoms with Gasteiger partial charge in [0.25, 0.3) is 10.0 Å². The number of benzene rings is 2. The molecule has 0 aliphatic carbocycles. The number of imidazole rings is 1. The third-order valence-electron chi connectivity index (χ3n) is 4.42. The Morgan fingerprint density at radius 1 is 1.28 bits per heavy atom. The zero-order chi connectivity index (χ0) is 17.8. The van der Waals surface area contributed by atoms with Crippen molar-refractivity contribution in [1.29, 1.82) is 0 Å². The Bertz CT molecular complexity index is 1090. The van der Waals surface area contributed by atoms with Crippen LogP contribution >= 0.6 is 15.9 Å². The van der Waals surface area contributed by atoms with Crippen LogP contribution in [0.2, 0.25) is 0 Å². The molecule has 25 heavy (non-hydrogen) atoms. The number of anilines is 1. The summed E-state index contributed by atoms with van der Waals surface area (Å²) < 4.78 is 43.2. The summed E-state index contributed by atoms with van der Waals surface area (Å²) in [6.45, 7) is 2.15. The number of hydrogen-bond donors (Lipinski definition) is 1. The van der Waals surface area contributed by atoms with Crippen LogP contribution in [-0.2, 0) is 16.4 Å². The number of sulfonamides is 1. The molecular weight excluding hydrogens is 409 g/mol. The molecule has 8 heteroatoms. The van der Waals surface area contributed by atoms with Gasteiger partial charge in [-0.1, -0.05) is 0 Å². The number of hydrogen-bond acceptors (Lipinski definition) is 3. The first kappa shape index (κ1) is 16.5. The van der Waals surface area contributed by atoms with Gasteiger partial charge in [0.05, 0.1) is 16.7 Å². The lowest BCUT2D eigenvalue weighted by molar-refractivity contribution is 0.596. The summed E-state index contributed by atoms with van der Waals surface area (Å²) in [7, 11) is -3.83. The van der Waals surface area contributed by atoms with E-state index in [1.165, 1.54) is 6.07 Å². The summed E-state index contributed by atoms with van der Waals surface area (Å²) in [6, 6.07) is 9.19. The van der Waals surface area contributed by atoms with Crippen LogP contribution in [0.3, 0.4) is 0 Å². The van der Waals surface area contributed by atoms with Gasteiger partial charge in [0.1, 0.15) is 16.5 Å². The highest BCUT2D eigenvalue weighted by Gasteiger charge is 2.23. The SMILES string of the molecule is CC1CCc2nc3cc(NS(=O)(=O)c4ccc(F)cc4Br)ccc3n21. The lowest BCUT2D eigenvalue weighted by atomic mass is 10.2. The van der Waals surface area contributed by atoms with Gasteiger partial charge in [-0.25, -0.2) is 17.8 Å². The molecule has 2 heterocycles. The van der Waals surface area contributed by atoms with Crippen molar-refractivity contribution in [2.45, 2.75) is 30.7 Å². The lowest BCUT2D eigenvalue weighted by Gasteiger charge is -2.11. The standard InChI is InChI=1S/C17H15BrFN3O2S/c1-10-2-7-17-20-14-9-12(4-5-15(14)22(10)17)21-25(23,24)16-6-3-11(19)8-13(16)18/h3-6,8-10,21H,2,7H2,1H3. The number of nitrogens with one attached hydrogen (secondary N) is 1. The monoisotopic (exact) mass is 423 g/mol. The molecule has 0 amide bonds. The molecule has 1 atom stereocenters. The van der Waals surface area contributed by atoms with Crippen molar-refractivity contribution in [2.75, 3.05) is 4.72 Å². The van der Waals surface area contributed by atoms with Crippen LogP contribution in [0, 0.1) is 5.82 Å². The molecule has 130 valence electrons. The second kappa shape index (κ2) is 5.81. The highest BCUT2D eigenvalue weighted by atomic mass is 79.9. The Balaban J connectivity index is 1.71. The summed E-state index contributed by atoms with van der Waals surface area (Å²) in [6.07, 6.45) is 2.00. The van der Waals surface area contributed by atoms with Gasteiger partial charge in [-0.05, 0) is 65.7 Å². The molecule has 0 saturated heterocycles. The first-order valence-electron chi connectivity index (χ1n) is 7.84. The first-order chi connectivity index (χ1) is 11.8. The van der Waals surface area contributed by atoms with Crippen molar-refractivity contribution >= 4 is 42.7 Å². The summed E-state index contributed by atoms with van der Waals surface area (Å²) in [5.74, 6) is 0.526. The van der Waals surface area contributed by atoms with Crippen molar-refractivity contribution in [2.24, 2.45) is 0 Å². The van der Waals surface area contributed by atoms with Crippen LogP contribution in [-0.4, -0.2) is 18.0 Å². The number of nitrogens with zero attached hydrogens (tertiary/aromatic N) is 2. The number of rotatable bonds is 3. The Labute approximate surface area is 153 Å². The molecular formula is C17H15BrFN3O2S. The predicted octanol–water partition coefficient (Wildman–Crippen LogP) is 4.25. The molecule has 0 spiro atoms. The maximum Gasteiger partial charge on any atom is 0.263 e. The predicted molar refractivity (Wildman–Crippen MR) is 97.7 cm³/mol. The molecule has 1 aromatic heterocycles. The normalized spacial score (nSPS) is 17.0. The molecule has 1 unspecified atom stereocenters. The van der Waals surface area contributed by atoms with Gasteiger partial charge in [-0.3, -0.25) is 4.72 Å². The van der Waals surface area contributed by atoms with E-state index in [0.29, 0.717) is 11.7 Å². The van der Waals surface area contributed by atoms with E-state index in [9.17, 15) is 12.8 Å². The molecule has 0 fully saturated rings. The average Bonchev–Trinajstić information content (AvgIpc) is 3.06. The average molecular weight is 424 g/mol. The van der Waals surface area contributed by atoms with E-state index in [0.717, 1.165) is 41.8 Å². The largest absolute Gasteiger partial charge is 0.325 e. The van der Waals surface area contributed by atoms with E-state index in [1.54, 1.807) is 12.1 Å². The Kier molecular flexibility index (Phi) is 3.84. The van der Waals surface area contributed by atoms with E-state index in [2.05, 4.69) is 37.1 Å². The number of aryl methyl sites for hydroxylation is 1. The minimum Gasteiger partial charge on any atom is -0.325 e. The van der Waals surface area contributed by atoms with Gasteiger partial charge < -0.3 is 4.57 Å². The summed E-state index contributed by atoms with van der Waals surface area (Å²) in [5.41, 5.74) is 2.19. The van der Waals surface area contributed by atoms with Crippen molar-refractivity contribution in [1.82, 2.24) is 9.55 Å². The molecule has 1 aliphatic rings. The van der Waals surface area contributed by atoms with Gasteiger partial charge in [0.15, 0.2) is 0 Å².